The molecule has 0 aliphatic carbocycles. The van der Waals surface area contributed by atoms with Gasteiger partial charge in [-0.2, -0.15) is 0 Å². The van der Waals surface area contributed by atoms with E-state index in [0.29, 0.717) is 0 Å². The van der Waals surface area contributed by atoms with Crippen molar-refractivity contribution >= 4 is 0 Å². The van der Waals surface area contributed by atoms with Crippen molar-refractivity contribution in [3.05, 3.63) is 65.2 Å². The fourth-order valence-corrected chi connectivity index (χ4v) is 1.57. The van der Waals surface area contributed by atoms with E-state index in [9.17, 15) is 13.2 Å². The molecule has 2 rings (SSSR count). The second-order valence-electron chi connectivity index (χ2n) is 3.55. The molecule has 0 aliphatic heterocycles. The van der Waals surface area contributed by atoms with Gasteiger partial charge in [-0.15, -0.1) is 0 Å². The number of nitrogens with two attached hydrogens (primary N) is 1. The molecule has 88 valence electrons. The molecule has 2 N–H and O–H groups in total. The molecule has 0 spiro atoms. The van der Waals surface area contributed by atoms with Gasteiger partial charge in [0.15, 0.2) is 0 Å². The average Bonchev–Trinajstić information content (AvgIpc) is 2.28. The summed E-state index contributed by atoms with van der Waals surface area (Å²) in [5.74, 6) is -2.13. The molecule has 0 aliphatic rings. The maximum atomic E-state index is 13.5. The fraction of sp³-hybridized carbons (Fsp3) is 0.0833. The first-order chi connectivity index (χ1) is 8.09. The molecule has 5 heteroatoms. The highest BCUT2D eigenvalue weighted by atomic mass is 19.1. The molecular weight excluding hydrogens is 229 g/mol. The number of pyridine rings is 1. The quantitative estimate of drug-likeness (QED) is 0.873. The van der Waals surface area contributed by atoms with E-state index in [0.717, 1.165) is 24.4 Å². The van der Waals surface area contributed by atoms with Gasteiger partial charge in [0.2, 0.25) is 0 Å². The molecule has 0 amide bonds. The summed E-state index contributed by atoms with van der Waals surface area (Å²) in [5, 5.41) is 0. The molecule has 0 saturated heterocycles. The zero-order chi connectivity index (χ0) is 12.4. The summed E-state index contributed by atoms with van der Waals surface area (Å²) in [7, 11) is 0. The summed E-state index contributed by atoms with van der Waals surface area (Å²) in [6, 6.07) is 3.46. The Morgan fingerprint density at radius 2 is 1.71 bits per heavy atom. The monoisotopic (exact) mass is 238 g/mol. The summed E-state index contributed by atoms with van der Waals surface area (Å²) in [6.07, 6.45) is 2.27. The van der Waals surface area contributed by atoms with Crippen LogP contribution in [-0.2, 0) is 0 Å². The van der Waals surface area contributed by atoms with Crippen molar-refractivity contribution in [1.29, 1.82) is 0 Å². The van der Waals surface area contributed by atoms with E-state index in [-0.39, 0.29) is 11.1 Å². The molecule has 1 aromatic heterocycles. The molecule has 0 radical (unpaired) electrons. The molecular formula is C12H9F3N2. The van der Waals surface area contributed by atoms with Gasteiger partial charge >= 0.3 is 0 Å². The van der Waals surface area contributed by atoms with Crippen molar-refractivity contribution in [2.75, 3.05) is 0 Å². The number of benzene rings is 1. The Hall–Kier alpha value is -1.88. The third-order valence-corrected chi connectivity index (χ3v) is 2.40. The second kappa shape index (κ2) is 4.55. The van der Waals surface area contributed by atoms with Crippen LogP contribution < -0.4 is 5.73 Å². The molecule has 2 nitrogen and oxygen atoms in total. The summed E-state index contributed by atoms with van der Waals surface area (Å²) in [6.45, 7) is 0. The molecule has 17 heavy (non-hydrogen) atoms. The van der Waals surface area contributed by atoms with Crippen LogP contribution in [0.1, 0.15) is 17.2 Å². The maximum Gasteiger partial charge on any atom is 0.141 e. The number of hydrogen-bond donors (Lipinski definition) is 1. The Balaban J connectivity index is 2.47. The summed E-state index contributed by atoms with van der Waals surface area (Å²) >= 11 is 0. The van der Waals surface area contributed by atoms with E-state index in [4.69, 9.17) is 5.73 Å². The SMILES string of the molecule is NC(c1cncc(F)c1)c1c(F)cccc1F. The third-order valence-electron chi connectivity index (χ3n) is 2.40. The van der Waals surface area contributed by atoms with Gasteiger partial charge in [0, 0.05) is 11.8 Å². The van der Waals surface area contributed by atoms with Crippen LogP contribution in [0.15, 0.2) is 36.7 Å². The fourth-order valence-electron chi connectivity index (χ4n) is 1.57. The first kappa shape index (κ1) is 11.6. The van der Waals surface area contributed by atoms with E-state index in [2.05, 4.69) is 4.98 Å². The van der Waals surface area contributed by atoms with Crippen LogP contribution >= 0.6 is 0 Å². The normalized spacial score (nSPS) is 12.5. The second-order valence-corrected chi connectivity index (χ2v) is 3.55. The maximum absolute atomic E-state index is 13.5. The molecule has 1 atom stereocenters. The molecule has 2 aromatic rings. The van der Waals surface area contributed by atoms with Gasteiger partial charge in [-0.25, -0.2) is 13.2 Å². The average molecular weight is 238 g/mol. The molecule has 0 fully saturated rings. The minimum absolute atomic E-state index is 0.217. The predicted octanol–water partition coefficient (Wildman–Crippen LogP) is 2.55. The Bertz CT molecular complexity index is 523. The number of nitrogens with zero attached hydrogens (tertiary/aromatic N) is 1. The summed E-state index contributed by atoms with van der Waals surface area (Å²) < 4.78 is 39.8. The van der Waals surface area contributed by atoms with Crippen LogP contribution in [0.25, 0.3) is 0 Å². The van der Waals surface area contributed by atoms with Crippen molar-refractivity contribution in [2.45, 2.75) is 6.04 Å². The zero-order valence-electron chi connectivity index (χ0n) is 8.70. The van der Waals surface area contributed by atoms with E-state index >= 15 is 0 Å². The van der Waals surface area contributed by atoms with Gasteiger partial charge in [-0.1, -0.05) is 6.07 Å². The van der Waals surface area contributed by atoms with Gasteiger partial charge in [-0.05, 0) is 23.8 Å². The van der Waals surface area contributed by atoms with Crippen LogP contribution in [0.4, 0.5) is 13.2 Å². The highest BCUT2D eigenvalue weighted by Gasteiger charge is 2.18. The van der Waals surface area contributed by atoms with E-state index in [1.54, 1.807) is 0 Å². The van der Waals surface area contributed by atoms with Gasteiger partial charge in [0.05, 0.1) is 12.2 Å². The standard InChI is InChI=1S/C12H9F3N2/c13-8-4-7(5-17-6-8)12(16)11-9(14)2-1-3-10(11)15/h1-6,12H,16H2. The van der Waals surface area contributed by atoms with Gasteiger partial charge in [0.25, 0.3) is 0 Å². The Morgan fingerprint density at radius 1 is 1.06 bits per heavy atom. The number of rotatable bonds is 2. The number of hydrogen-bond acceptors (Lipinski definition) is 2. The lowest BCUT2D eigenvalue weighted by atomic mass is 10.00. The van der Waals surface area contributed by atoms with Crippen molar-refractivity contribution in [3.63, 3.8) is 0 Å². The highest BCUT2D eigenvalue weighted by molar-refractivity contribution is 5.31. The Labute approximate surface area is 95.9 Å². The van der Waals surface area contributed by atoms with Crippen molar-refractivity contribution < 1.29 is 13.2 Å². The third kappa shape index (κ3) is 2.29. The van der Waals surface area contributed by atoms with Crippen LogP contribution in [0.5, 0.6) is 0 Å². The molecule has 1 heterocycles. The van der Waals surface area contributed by atoms with Gasteiger partial charge in [0.1, 0.15) is 17.5 Å². The highest BCUT2D eigenvalue weighted by Crippen LogP contribution is 2.24. The van der Waals surface area contributed by atoms with Crippen molar-refractivity contribution in [3.8, 4) is 0 Å². The summed E-state index contributed by atoms with van der Waals surface area (Å²) in [4.78, 5) is 3.59. The molecule has 1 aromatic carbocycles. The predicted molar refractivity (Wildman–Crippen MR) is 56.6 cm³/mol. The van der Waals surface area contributed by atoms with Crippen LogP contribution in [-0.4, -0.2) is 4.98 Å². The lowest BCUT2D eigenvalue weighted by Crippen LogP contribution is -2.16. The van der Waals surface area contributed by atoms with E-state index in [1.807, 2.05) is 0 Å². The van der Waals surface area contributed by atoms with Gasteiger partial charge < -0.3 is 5.73 Å². The first-order valence-corrected chi connectivity index (χ1v) is 4.89. The Kier molecular flexibility index (Phi) is 3.10. The topological polar surface area (TPSA) is 38.9 Å². The van der Waals surface area contributed by atoms with Crippen LogP contribution in [0.3, 0.4) is 0 Å². The lowest BCUT2D eigenvalue weighted by Gasteiger charge is -2.13. The van der Waals surface area contributed by atoms with E-state index in [1.165, 1.54) is 12.3 Å². The van der Waals surface area contributed by atoms with E-state index < -0.39 is 23.5 Å². The minimum atomic E-state index is -1.08. The number of aromatic nitrogens is 1. The summed E-state index contributed by atoms with van der Waals surface area (Å²) in [5.41, 5.74) is 5.63. The number of halogens is 3. The largest absolute Gasteiger partial charge is 0.320 e. The minimum Gasteiger partial charge on any atom is -0.320 e. The van der Waals surface area contributed by atoms with Crippen LogP contribution in [0.2, 0.25) is 0 Å². The molecule has 0 saturated carbocycles. The lowest BCUT2D eigenvalue weighted by molar-refractivity contribution is 0.541. The zero-order valence-corrected chi connectivity index (χ0v) is 8.70. The van der Waals surface area contributed by atoms with Crippen LogP contribution in [0, 0.1) is 17.5 Å². The molecule has 0 bridgehead atoms. The first-order valence-electron chi connectivity index (χ1n) is 4.89. The van der Waals surface area contributed by atoms with Crippen molar-refractivity contribution in [1.82, 2.24) is 4.98 Å². The van der Waals surface area contributed by atoms with Gasteiger partial charge in [-0.3, -0.25) is 4.98 Å². The Morgan fingerprint density at radius 3 is 2.29 bits per heavy atom. The van der Waals surface area contributed by atoms with Crippen molar-refractivity contribution in [2.24, 2.45) is 5.73 Å². The molecule has 1 unspecified atom stereocenters. The smallest absolute Gasteiger partial charge is 0.141 e.